The molecule has 0 saturated carbocycles. The Morgan fingerprint density at radius 1 is 0.971 bits per heavy atom. The van der Waals surface area contributed by atoms with Crippen LogP contribution < -0.4 is 24.2 Å². The highest BCUT2D eigenvalue weighted by atomic mass is 32.1. The topological polar surface area (TPSA) is 29.1 Å². The zero-order valence-corrected chi connectivity index (χ0v) is 20.5. The van der Waals surface area contributed by atoms with Crippen LogP contribution in [0.5, 0.6) is 0 Å². The number of aryl methyl sites for hydroxylation is 1. The van der Waals surface area contributed by atoms with Gasteiger partial charge in [-0.2, -0.15) is 4.57 Å². The van der Waals surface area contributed by atoms with Gasteiger partial charge in [-0.05, 0) is 61.4 Å². The summed E-state index contributed by atoms with van der Waals surface area (Å²) in [5.41, 5.74) is 5.80. The number of benzene rings is 2. The van der Waals surface area contributed by atoms with Crippen molar-refractivity contribution in [2.45, 2.75) is 26.9 Å². The van der Waals surface area contributed by atoms with Gasteiger partial charge >= 0.3 is 0 Å². The van der Waals surface area contributed by atoms with Crippen LogP contribution >= 0.6 is 11.3 Å². The number of pyridine rings is 1. The van der Waals surface area contributed by atoms with Gasteiger partial charge in [0.2, 0.25) is 5.52 Å². The van der Waals surface area contributed by atoms with Gasteiger partial charge in [0, 0.05) is 37.1 Å². The van der Waals surface area contributed by atoms with Crippen LogP contribution in [-0.2, 0) is 13.1 Å². The number of nitrogens with zero attached hydrogens (tertiary/aromatic N) is 3. The first-order chi connectivity index (χ1) is 16.6. The van der Waals surface area contributed by atoms with Crippen molar-refractivity contribution < 1.29 is 4.57 Å². The minimum Gasteiger partial charge on any atom is -0.344 e. The summed E-state index contributed by atoms with van der Waals surface area (Å²) in [4.78, 5) is 15.3. The summed E-state index contributed by atoms with van der Waals surface area (Å²) in [6, 6.07) is 18.9. The molecule has 170 valence electrons. The molecule has 0 unspecified atom stereocenters. The highest BCUT2D eigenvalue weighted by molar-refractivity contribution is 7.07. The van der Waals surface area contributed by atoms with Crippen molar-refractivity contribution in [1.82, 2.24) is 4.57 Å². The molecule has 34 heavy (non-hydrogen) atoms. The van der Waals surface area contributed by atoms with Crippen molar-refractivity contribution >= 4 is 46.2 Å². The molecular weight excluding hydrogens is 438 g/mol. The first-order valence-corrected chi connectivity index (χ1v) is 12.5. The fraction of sp³-hybridized carbons (Fsp3) is 0.172. The van der Waals surface area contributed by atoms with Gasteiger partial charge in [-0.15, -0.1) is 11.3 Å². The lowest BCUT2D eigenvalue weighted by molar-refractivity contribution is -0.667. The third-order valence-electron chi connectivity index (χ3n) is 6.36. The van der Waals surface area contributed by atoms with Crippen LogP contribution in [0.25, 0.3) is 29.1 Å². The van der Waals surface area contributed by atoms with E-state index < -0.39 is 0 Å². The molecule has 0 saturated heterocycles. The van der Waals surface area contributed by atoms with Gasteiger partial charge in [0.25, 0.3) is 5.56 Å². The number of likely N-dealkylation sites (N-methyl/N-ethyl adjacent to an activating group) is 1. The molecule has 3 heterocycles. The number of aromatic nitrogens is 2. The maximum Gasteiger partial charge on any atom is 0.269 e. The Labute approximate surface area is 203 Å². The number of hydrogen-bond acceptors (Lipinski definition) is 3. The highest BCUT2D eigenvalue weighted by Crippen LogP contribution is 2.29. The number of allylic oxidation sites excluding steroid dienone is 2. The van der Waals surface area contributed by atoms with E-state index in [1.54, 1.807) is 11.3 Å². The van der Waals surface area contributed by atoms with Crippen LogP contribution in [0.2, 0.25) is 0 Å². The Morgan fingerprint density at radius 3 is 2.59 bits per heavy atom. The minimum absolute atomic E-state index is 0.0577. The average molecular weight is 467 g/mol. The van der Waals surface area contributed by atoms with E-state index in [4.69, 9.17) is 0 Å². The van der Waals surface area contributed by atoms with Crippen LogP contribution in [0.1, 0.15) is 25.0 Å². The average Bonchev–Trinajstić information content (AvgIpc) is 3.17. The second-order valence-corrected chi connectivity index (χ2v) is 9.34. The maximum atomic E-state index is 13.2. The van der Waals surface area contributed by atoms with Gasteiger partial charge in [0.15, 0.2) is 6.20 Å². The van der Waals surface area contributed by atoms with Crippen LogP contribution in [0.4, 0.5) is 5.69 Å². The predicted molar refractivity (Wildman–Crippen MR) is 143 cm³/mol. The van der Waals surface area contributed by atoms with Crippen LogP contribution in [0, 0.1) is 0 Å². The Balaban J connectivity index is 1.61. The summed E-state index contributed by atoms with van der Waals surface area (Å²) >= 11 is 1.54. The molecule has 0 fully saturated rings. The molecule has 0 aliphatic carbocycles. The number of fused-ring (bicyclic) bond motifs is 2. The molecule has 1 aliphatic heterocycles. The zero-order valence-electron chi connectivity index (χ0n) is 19.7. The van der Waals surface area contributed by atoms with E-state index in [0.29, 0.717) is 6.54 Å². The van der Waals surface area contributed by atoms with Crippen molar-refractivity contribution in [1.29, 1.82) is 0 Å². The molecule has 0 N–H and O–H groups in total. The van der Waals surface area contributed by atoms with E-state index in [9.17, 15) is 4.79 Å². The molecule has 0 radical (unpaired) electrons. The summed E-state index contributed by atoms with van der Waals surface area (Å²) in [5.74, 6) is 0. The van der Waals surface area contributed by atoms with Crippen molar-refractivity contribution in [3.8, 4) is 0 Å². The second-order valence-electron chi connectivity index (χ2n) is 8.28. The Morgan fingerprint density at radius 2 is 1.76 bits per heavy atom. The largest absolute Gasteiger partial charge is 0.344 e. The Bertz CT molecular complexity index is 1620. The predicted octanol–water partition coefficient (Wildman–Crippen LogP) is 4.05. The zero-order chi connectivity index (χ0) is 23.7. The van der Waals surface area contributed by atoms with E-state index in [2.05, 4.69) is 90.3 Å². The smallest absolute Gasteiger partial charge is 0.269 e. The fourth-order valence-corrected chi connectivity index (χ4v) is 5.56. The van der Waals surface area contributed by atoms with Gasteiger partial charge in [0.05, 0.1) is 14.6 Å². The van der Waals surface area contributed by atoms with Crippen LogP contribution in [0.15, 0.2) is 83.4 Å². The second kappa shape index (κ2) is 9.27. The summed E-state index contributed by atoms with van der Waals surface area (Å²) in [7, 11) is 2.06. The molecule has 4 nitrogen and oxygen atoms in total. The number of rotatable bonds is 4. The quantitative estimate of drug-likeness (QED) is 0.425. The summed E-state index contributed by atoms with van der Waals surface area (Å²) < 4.78 is 5.81. The van der Waals surface area contributed by atoms with Crippen molar-refractivity contribution in [2.24, 2.45) is 0 Å². The van der Waals surface area contributed by atoms with Gasteiger partial charge in [-0.3, -0.25) is 9.36 Å². The lowest BCUT2D eigenvalue weighted by Gasteiger charge is -2.25. The lowest BCUT2D eigenvalue weighted by Crippen LogP contribution is -2.33. The number of thiazole rings is 1. The molecule has 4 aromatic rings. The molecule has 2 aromatic carbocycles. The molecule has 0 atom stereocenters. The highest BCUT2D eigenvalue weighted by Gasteiger charge is 2.13. The molecule has 0 spiro atoms. The summed E-state index contributed by atoms with van der Waals surface area (Å²) in [5, 5.41) is 1.19. The van der Waals surface area contributed by atoms with Crippen molar-refractivity contribution in [2.75, 3.05) is 11.9 Å². The van der Waals surface area contributed by atoms with Gasteiger partial charge < -0.3 is 4.90 Å². The van der Waals surface area contributed by atoms with Gasteiger partial charge in [-0.1, -0.05) is 36.4 Å². The number of para-hydroxylation sites is 2. The van der Waals surface area contributed by atoms with Crippen LogP contribution in [-0.4, -0.2) is 11.6 Å². The molecule has 0 bridgehead atoms. The van der Waals surface area contributed by atoms with Gasteiger partial charge in [-0.25, -0.2) is 0 Å². The lowest BCUT2D eigenvalue weighted by atomic mass is 10.1. The normalized spacial score (nSPS) is 15.5. The van der Waals surface area contributed by atoms with E-state index in [1.807, 2.05) is 35.8 Å². The molecule has 1 aliphatic rings. The van der Waals surface area contributed by atoms with E-state index in [1.165, 1.54) is 16.5 Å². The third kappa shape index (κ3) is 3.93. The van der Waals surface area contributed by atoms with Crippen molar-refractivity contribution in [3.05, 3.63) is 109 Å². The monoisotopic (exact) mass is 466 g/mol. The maximum absolute atomic E-state index is 13.2. The molecule has 5 heteroatoms. The fourth-order valence-electron chi connectivity index (χ4n) is 4.49. The Kier molecular flexibility index (Phi) is 6.03. The van der Waals surface area contributed by atoms with Gasteiger partial charge in [0.1, 0.15) is 6.54 Å². The van der Waals surface area contributed by atoms with E-state index in [0.717, 1.165) is 32.7 Å². The van der Waals surface area contributed by atoms with Crippen molar-refractivity contribution in [3.63, 3.8) is 0 Å². The number of hydrogen-bond donors (Lipinski definition) is 0. The molecule has 2 aromatic heterocycles. The summed E-state index contributed by atoms with van der Waals surface area (Å²) in [6.45, 7) is 5.73. The third-order valence-corrected chi connectivity index (χ3v) is 7.43. The SMILES string of the molecule is CCn1c(=O)/c(=C/C=C2\C=Cc3ccccc3N2C)s/c1=C\c1cc[n+](CC)c2ccccc12. The van der Waals surface area contributed by atoms with E-state index in [-0.39, 0.29) is 5.56 Å². The standard InChI is InChI=1S/C29H28N3OS/c1-4-31-19-18-22(24-11-7-9-13-26(24)31)20-28-32(5-2)29(33)27(34-28)17-16-23-15-14-21-10-6-8-12-25(21)30(23)3/h6-20H,4-5H2,1-3H3/q+1/b23-16+,27-17-. The molecule has 5 rings (SSSR count). The minimum atomic E-state index is 0.0577. The first-order valence-electron chi connectivity index (χ1n) is 11.7. The Hall–Kier alpha value is -3.70. The van der Waals surface area contributed by atoms with Crippen LogP contribution in [0.3, 0.4) is 0 Å². The number of anilines is 1. The molecule has 0 amide bonds. The summed E-state index contributed by atoms with van der Waals surface area (Å²) in [6.07, 6.45) is 12.5. The first kappa shape index (κ1) is 22.1. The molecular formula is C29H28N3OS+. The van der Waals surface area contributed by atoms with E-state index >= 15 is 0 Å².